The van der Waals surface area contributed by atoms with E-state index in [1.807, 2.05) is 25.1 Å². The van der Waals surface area contributed by atoms with Crippen molar-refractivity contribution in [1.82, 2.24) is 0 Å². The maximum absolute atomic E-state index is 14.8. The van der Waals surface area contributed by atoms with Crippen LogP contribution >= 0.6 is 0 Å². The molecule has 1 aliphatic carbocycles. The van der Waals surface area contributed by atoms with E-state index in [-0.39, 0.29) is 29.2 Å². The fourth-order valence-corrected chi connectivity index (χ4v) is 5.10. The van der Waals surface area contributed by atoms with Crippen molar-refractivity contribution in [2.45, 2.75) is 64.1 Å². The number of hydrogen-bond donors (Lipinski definition) is 1. The van der Waals surface area contributed by atoms with E-state index in [0.717, 1.165) is 31.2 Å². The molecule has 0 bridgehead atoms. The van der Waals surface area contributed by atoms with Gasteiger partial charge < -0.3 is 14.6 Å². The second-order valence-electron chi connectivity index (χ2n) is 9.95. The van der Waals surface area contributed by atoms with Crippen LogP contribution < -0.4 is 9.47 Å². The van der Waals surface area contributed by atoms with Crippen molar-refractivity contribution in [1.29, 1.82) is 0 Å². The zero-order chi connectivity index (χ0) is 27.1. The molecule has 0 heterocycles. The number of aliphatic hydroxyl groups is 1. The molecule has 0 aromatic heterocycles. The van der Waals surface area contributed by atoms with Gasteiger partial charge in [-0.3, -0.25) is 0 Å². The first-order valence-corrected chi connectivity index (χ1v) is 13.4. The van der Waals surface area contributed by atoms with Crippen molar-refractivity contribution in [2.24, 2.45) is 5.92 Å². The molecular weight excluding hydrogens is 489 g/mol. The Morgan fingerprint density at radius 3 is 2.32 bits per heavy atom. The average Bonchev–Trinajstić information content (AvgIpc) is 2.94. The summed E-state index contributed by atoms with van der Waals surface area (Å²) < 4.78 is 54.5. The van der Waals surface area contributed by atoms with Gasteiger partial charge in [-0.1, -0.05) is 43.3 Å². The van der Waals surface area contributed by atoms with Crippen LogP contribution in [0.2, 0.25) is 0 Å². The van der Waals surface area contributed by atoms with Crippen LogP contribution in [-0.2, 0) is 0 Å². The van der Waals surface area contributed by atoms with Gasteiger partial charge in [-0.25, -0.2) is 8.78 Å². The van der Waals surface area contributed by atoms with E-state index in [1.165, 1.54) is 49.1 Å². The van der Waals surface area contributed by atoms with Gasteiger partial charge in [-0.2, -0.15) is 4.39 Å². The van der Waals surface area contributed by atoms with E-state index in [9.17, 15) is 18.3 Å². The van der Waals surface area contributed by atoms with E-state index in [4.69, 9.17) is 9.47 Å². The number of rotatable bonds is 11. The van der Waals surface area contributed by atoms with Crippen LogP contribution in [0.1, 0.15) is 75.2 Å². The average molecular weight is 525 g/mol. The van der Waals surface area contributed by atoms with Gasteiger partial charge >= 0.3 is 0 Å². The molecule has 38 heavy (non-hydrogen) atoms. The molecule has 0 spiro atoms. The first-order chi connectivity index (χ1) is 18.4. The van der Waals surface area contributed by atoms with E-state index >= 15 is 0 Å². The van der Waals surface area contributed by atoms with Crippen molar-refractivity contribution in [2.75, 3.05) is 6.61 Å². The van der Waals surface area contributed by atoms with E-state index in [1.54, 1.807) is 12.1 Å². The molecule has 4 rings (SSSR count). The summed E-state index contributed by atoms with van der Waals surface area (Å²) in [6, 6.07) is 14.1. The standard InChI is InChI=1S/C32H35F3O3/c1-3-5-6-21-7-9-22(10-8-21)23-11-13-24(14-12-23)32(36)38-28-17-15-25(20-27(28)33)26-16-18-29(37-19-4-2)31(35)30(26)34/h3,11-18,20-22,32,36H,1,4-10,19H2,2H3. The summed E-state index contributed by atoms with van der Waals surface area (Å²) in [5.74, 6) is -2.11. The fourth-order valence-electron chi connectivity index (χ4n) is 5.10. The molecule has 1 fully saturated rings. The maximum Gasteiger partial charge on any atom is 0.224 e. The Hall–Kier alpha value is -3.25. The van der Waals surface area contributed by atoms with Gasteiger partial charge in [0, 0.05) is 11.1 Å². The predicted molar refractivity (Wildman–Crippen MR) is 144 cm³/mol. The SMILES string of the molecule is C=CCCC1CCC(c2ccc(C(O)Oc3ccc(-c4ccc(OCCC)c(F)c4F)cc3F)cc2)CC1. The topological polar surface area (TPSA) is 38.7 Å². The lowest BCUT2D eigenvalue weighted by molar-refractivity contribution is -0.0220. The van der Waals surface area contributed by atoms with Crippen molar-refractivity contribution in [3.05, 3.63) is 95.8 Å². The summed E-state index contributed by atoms with van der Waals surface area (Å²) in [6.45, 7) is 5.94. The Morgan fingerprint density at radius 1 is 0.947 bits per heavy atom. The third kappa shape index (κ3) is 6.60. The molecule has 6 heteroatoms. The van der Waals surface area contributed by atoms with Crippen molar-refractivity contribution in [3.8, 4) is 22.6 Å². The zero-order valence-electron chi connectivity index (χ0n) is 21.8. The molecular formula is C32H35F3O3. The Labute approximate surface area is 222 Å². The van der Waals surface area contributed by atoms with Gasteiger partial charge in [0.1, 0.15) is 0 Å². The third-order valence-electron chi connectivity index (χ3n) is 7.31. The molecule has 0 radical (unpaired) electrons. The number of allylic oxidation sites excluding steroid dienone is 1. The molecule has 3 aromatic carbocycles. The Kier molecular flexibility index (Phi) is 9.51. The molecule has 3 aromatic rings. The first kappa shape index (κ1) is 27.8. The Morgan fingerprint density at radius 2 is 1.66 bits per heavy atom. The minimum atomic E-state index is -1.37. The zero-order valence-corrected chi connectivity index (χ0v) is 21.8. The molecule has 0 saturated heterocycles. The lowest BCUT2D eigenvalue weighted by Gasteiger charge is -2.28. The van der Waals surface area contributed by atoms with Crippen LogP contribution in [0.3, 0.4) is 0 Å². The molecule has 0 aliphatic heterocycles. The maximum atomic E-state index is 14.8. The summed E-state index contributed by atoms with van der Waals surface area (Å²) in [4.78, 5) is 0. The molecule has 1 N–H and O–H groups in total. The fraction of sp³-hybridized carbons (Fsp3) is 0.375. The third-order valence-corrected chi connectivity index (χ3v) is 7.31. The summed E-state index contributed by atoms with van der Waals surface area (Å²) >= 11 is 0. The van der Waals surface area contributed by atoms with Crippen molar-refractivity contribution in [3.63, 3.8) is 0 Å². The Bertz CT molecular complexity index is 1220. The molecule has 1 saturated carbocycles. The minimum Gasteiger partial charge on any atom is -0.490 e. The number of benzene rings is 3. The van der Waals surface area contributed by atoms with Crippen LogP contribution in [0.4, 0.5) is 13.2 Å². The second kappa shape index (κ2) is 13.0. The van der Waals surface area contributed by atoms with Crippen LogP contribution in [-0.4, -0.2) is 11.7 Å². The number of hydrogen-bond acceptors (Lipinski definition) is 3. The molecule has 3 nitrogen and oxygen atoms in total. The van der Waals surface area contributed by atoms with Crippen LogP contribution in [0.15, 0.2) is 67.3 Å². The van der Waals surface area contributed by atoms with Crippen molar-refractivity contribution >= 4 is 0 Å². The number of aliphatic hydroxyl groups excluding tert-OH is 1. The van der Waals surface area contributed by atoms with Gasteiger partial charge in [-0.05, 0) is 92.2 Å². The highest BCUT2D eigenvalue weighted by atomic mass is 19.2. The minimum absolute atomic E-state index is 0.0947. The number of halogens is 3. The largest absolute Gasteiger partial charge is 0.490 e. The molecule has 0 amide bonds. The van der Waals surface area contributed by atoms with Gasteiger partial charge in [0.05, 0.1) is 6.61 Å². The summed E-state index contributed by atoms with van der Waals surface area (Å²) in [5, 5.41) is 10.6. The molecule has 202 valence electrons. The normalized spacial score (nSPS) is 18.1. The summed E-state index contributed by atoms with van der Waals surface area (Å²) in [6.07, 6.45) is 8.29. The molecule has 1 atom stereocenters. The molecule has 1 unspecified atom stereocenters. The van der Waals surface area contributed by atoms with Gasteiger partial charge in [0.15, 0.2) is 23.1 Å². The highest BCUT2D eigenvalue weighted by molar-refractivity contribution is 5.66. The predicted octanol–water partition coefficient (Wildman–Crippen LogP) is 8.87. The first-order valence-electron chi connectivity index (χ1n) is 13.4. The molecule has 1 aliphatic rings. The van der Waals surface area contributed by atoms with Crippen LogP contribution in [0, 0.1) is 23.4 Å². The highest BCUT2D eigenvalue weighted by Crippen LogP contribution is 2.38. The van der Waals surface area contributed by atoms with Crippen molar-refractivity contribution < 1.29 is 27.8 Å². The summed E-state index contributed by atoms with van der Waals surface area (Å²) in [7, 11) is 0. The van der Waals surface area contributed by atoms with E-state index in [2.05, 4.69) is 6.58 Å². The van der Waals surface area contributed by atoms with Gasteiger partial charge in [0.25, 0.3) is 0 Å². The highest BCUT2D eigenvalue weighted by Gasteiger charge is 2.23. The van der Waals surface area contributed by atoms with Gasteiger partial charge in [0.2, 0.25) is 12.1 Å². The smallest absolute Gasteiger partial charge is 0.224 e. The second-order valence-corrected chi connectivity index (χ2v) is 9.95. The quantitative estimate of drug-likeness (QED) is 0.201. The lowest BCUT2D eigenvalue weighted by atomic mass is 9.77. The monoisotopic (exact) mass is 524 g/mol. The van der Waals surface area contributed by atoms with E-state index < -0.39 is 23.7 Å². The van der Waals surface area contributed by atoms with Crippen LogP contribution in [0.5, 0.6) is 11.5 Å². The Balaban J connectivity index is 1.39. The van der Waals surface area contributed by atoms with Crippen LogP contribution in [0.25, 0.3) is 11.1 Å². The lowest BCUT2D eigenvalue weighted by Crippen LogP contribution is -2.13. The number of ether oxygens (including phenoxy) is 2. The van der Waals surface area contributed by atoms with E-state index in [0.29, 0.717) is 17.9 Å². The van der Waals surface area contributed by atoms with Gasteiger partial charge in [-0.15, -0.1) is 6.58 Å². The summed E-state index contributed by atoms with van der Waals surface area (Å²) in [5.41, 5.74) is 1.79.